The van der Waals surface area contributed by atoms with Gasteiger partial charge in [0.25, 0.3) is 5.91 Å². The van der Waals surface area contributed by atoms with Crippen LogP contribution in [0.25, 0.3) is 0 Å². The molecule has 1 heterocycles. The van der Waals surface area contributed by atoms with Crippen LogP contribution in [0.5, 0.6) is 0 Å². The van der Waals surface area contributed by atoms with E-state index in [9.17, 15) is 4.79 Å². The lowest BCUT2D eigenvalue weighted by Gasteiger charge is -2.09. The largest absolute Gasteiger partial charge is 0.351 e. The Morgan fingerprint density at radius 2 is 2.38 bits per heavy atom. The molecular formula is C12H21N3O. The van der Waals surface area contributed by atoms with Crippen molar-refractivity contribution in [1.82, 2.24) is 9.88 Å². The van der Waals surface area contributed by atoms with E-state index in [4.69, 9.17) is 5.73 Å². The average Bonchev–Trinajstić information content (AvgIpc) is 2.66. The van der Waals surface area contributed by atoms with Crippen LogP contribution in [0.15, 0.2) is 18.3 Å². The van der Waals surface area contributed by atoms with Gasteiger partial charge in [0.1, 0.15) is 5.69 Å². The van der Waals surface area contributed by atoms with Crippen LogP contribution in [-0.2, 0) is 6.54 Å². The van der Waals surface area contributed by atoms with E-state index >= 15 is 0 Å². The van der Waals surface area contributed by atoms with Gasteiger partial charge in [-0.25, -0.2) is 0 Å². The summed E-state index contributed by atoms with van der Waals surface area (Å²) in [6.07, 6.45) is 3.76. The fourth-order valence-electron chi connectivity index (χ4n) is 1.56. The van der Waals surface area contributed by atoms with Gasteiger partial charge in [-0.3, -0.25) is 4.79 Å². The number of carbonyl (C=O) groups is 1. The van der Waals surface area contributed by atoms with Crippen molar-refractivity contribution in [3.63, 3.8) is 0 Å². The minimum Gasteiger partial charge on any atom is -0.351 e. The molecule has 0 saturated heterocycles. The van der Waals surface area contributed by atoms with Gasteiger partial charge >= 0.3 is 0 Å². The zero-order valence-corrected chi connectivity index (χ0v) is 10.1. The summed E-state index contributed by atoms with van der Waals surface area (Å²) >= 11 is 0. The Morgan fingerprint density at radius 1 is 1.62 bits per heavy atom. The van der Waals surface area contributed by atoms with Crippen LogP contribution in [0, 0.1) is 0 Å². The van der Waals surface area contributed by atoms with Crippen LogP contribution in [0.3, 0.4) is 0 Å². The summed E-state index contributed by atoms with van der Waals surface area (Å²) in [5, 5.41) is 2.88. The summed E-state index contributed by atoms with van der Waals surface area (Å²) < 4.78 is 1.97. The van der Waals surface area contributed by atoms with Gasteiger partial charge in [0.2, 0.25) is 0 Å². The monoisotopic (exact) mass is 223 g/mol. The summed E-state index contributed by atoms with van der Waals surface area (Å²) in [6, 6.07) is 3.87. The molecule has 0 aliphatic carbocycles. The lowest BCUT2D eigenvalue weighted by Crippen LogP contribution is -2.30. The number of hydrogen-bond donors (Lipinski definition) is 2. The fraction of sp³-hybridized carbons (Fsp3) is 0.583. The molecule has 1 unspecified atom stereocenters. The molecule has 0 aliphatic heterocycles. The van der Waals surface area contributed by atoms with Crippen LogP contribution < -0.4 is 11.1 Å². The summed E-state index contributed by atoms with van der Waals surface area (Å²) in [4.78, 5) is 11.8. The summed E-state index contributed by atoms with van der Waals surface area (Å²) in [5.74, 6) is -0.0147. The summed E-state index contributed by atoms with van der Waals surface area (Å²) in [7, 11) is 0. The number of rotatable bonds is 6. The predicted molar refractivity (Wildman–Crippen MR) is 65.3 cm³/mol. The van der Waals surface area contributed by atoms with Gasteiger partial charge in [0, 0.05) is 25.3 Å². The van der Waals surface area contributed by atoms with Crippen molar-refractivity contribution in [3.8, 4) is 0 Å². The average molecular weight is 223 g/mol. The van der Waals surface area contributed by atoms with E-state index in [1.807, 2.05) is 29.8 Å². The first-order valence-electron chi connectivity index (χ1n) is 5.84. The molecule has 0 aliphatic rings. The highest BCUT2D eigenvalue weighted by molar-refractivity contribution is 5.92. The normalized spacial score (nSPS) is 12.4. The predicted octanol–water partition coefficient (Wildman–Crippen LogP) is 1.37. The number of amides is 1. The second-order valence-corrected chi connectivity index (χ2v) is 4.11. The molecule has 3 N–H and O–H groups in total. The summed E-state index contributed by atoms with van der Waals surface area (Å²) in [5.41, 5.74) is 6.35. The Bertz CT molecular complexity index is 331. The number of nitrogens with one attached hydrogen (secondary N) is 1. The van der Waals surface area contributed by atoms with Gasteiger partial charge < -0.3 is 15.6 Å². The van der Waals surface area contributed by atoms with Crippen molar-refractivity contribution >= 4 is 5.91 Å². The molecule has 0 spiro atoms. The third-order valence-electron chi connectivity index (χ3n) is 2.41. The zero-order chi connectivity index (χ0) is 12.0. The van der Waals surface area contributed by atoms with Crippen molar-refractivity contribution < 1.29 is 4.79 Å². The molecule has 0 bridgehead atoms. The molecule has 0 aromatic carbocycles. The van der Waals surface area contributed by atoms with Crippen LogP contribution in [0.2, 0.25) is 0 Å². The van der Waals surface area contributed by atoms with Gasteiger partial charge in [0.05, 0.1) is 0 Å². The highest BCUT2D eigenvalue weighted by Crippen LogP contribution is 2.03. The number of nitrogens with zero attached hydrogens (tertiary/aromatic N) is 1. The Morgan fingerprint density at radius 3 is 3.00 bits per heavy atom. The SMILES string of the molecule is CCCn1cccc1C(=O)NCCC(C)N. The summed E-state index contributed by atoms with van der Waals surface area (Å²) in [6.45, 7) is 5.54. The van der Waals surface area contributed by atoms with Gasteiger partial charge in [-0.2, -0.15) is 0 Å². The van der Waals surface area contributed by atoms with Crippen molar-refractivity contribution in [2.24, 2.45) is 5.73 Å². The number of hydrogen-bond acceptors (Lipinski definition) is 2. The number of carbonyl (C=O) groups excluding carboxylic acids is 1. The molecule has 1 amide bonds. The Kier molecular flexibility index (Phi) is 5.05. The van der Waals surface area contributed by atoms with Gasteiger partial charge in [-0.15, -0.1) is 0 Å². The first-order valence-corrected chi connectivity index (χ1v) is 5.84. The van der Waals surface area contributed by atoms with E-state index in [-0.39, 0.29) is 11.9 Å². The molecule has 0 radical (unpaired) electrons. The Hall–Kier alpha value is -1.29. The second kappa shape index (κ2) is 6.33. The van der Waals surface area contributed by atoms with E-state index < -0.39 is 0 Å². The molecule has 4 heteroatoms. The minimum atomic E-state index is -0.0147. The molecule has 4 nitrogen and oxygen atoms in total. The van der Waals surface area contributed by atoms with Crippen LogP contribution >= 0.6 is 0 Å². The smallest absolute Gasteiger partial charge is 0.267 e. The van der Waals surface area contributed by atoms with Crippen LogP contribution in [0.1, 0.15) is 37.2 Å². The maximum absolute atomic E-state index is 11.8. The number of aryl methyl sites for hydroxylation is 1. The molecule has 0 fully saturated rings. The topological polar surface area (TPSA) is 60.0 Å². The number of nitrogens with two attached hydrogens (primary N) is 1. The van der Waals surface area contributed by atoms with E-state index in [1.54, 1.807) is 0 Å². The zero-order valence-electron chi connectivity index (χ0n) is 10.1. The highest BCUT2D eigenvalue weighted by Gasteiger charge is 2.09. The van der Waals surface area contributed by atoms with Crippen molar-refractivity contribution in [2.75, 3.05) is 6.54 Å². The van der Waals surface area contributed by atoms with Gasteiger partial charge in [-0.05, 0) is 31.9 Å². The molecule has 1 aromatic heterocycles. The third-order valence-corrected chi connectivity index (χ3v) is 2.41. The van der Waals surface area contributed by atoms with Crippen molar-refractivity contribution in [1.29, 1.82) is 0 Å². The fourth-order valence-corrected chi connectivity index (χ4v) is 1.56. The molecule has 1 rings (SSSR count). The van der Waals surface area contributed by atoms with E-state index in [0.29, 0.717) is 6.54 Å². The van der Waals surface area contributed by atoms with E-state index in [1.165, 1.54) is 0 Å². The van der Waals surface area contributed by atoms with E-state index in [0.717, 1.165) is 25.1 Å². The second-order valence-electron chi connectivity index (χ2n) is 4.11. The van der Waals surface area contributed by atoms with Crippen LogP contribution in [-0.4, -0.2) is 23.1 Å². The molecule has 90 valence electrons. The van der Waals surface area contributed by atoms with Crippen molar-refractivity contribution in [2.45, 2.75) is 39.3 Å². The maximum Gasteiger partial charge on any atom is 0.267 e. The van der Waals surface area contributed by atoms with Gasteiger partial charge in [0.15, 0.2) is 0 Å². The lowest BCUT2D eigenvalue weighted by atomic mass is 10.2. The van der Waals surface area contributed by atoms with Gasteiger partial charge in [-0.1, -0.05) is 6.92 Å². The quantitative estimate of drug-likeness (QED) is 0.765. The Labute approximate surface area is 96.8 Å². The van der Waals surface area contributed by atoms with Crippen molar-refractivity contribution in [3.05, 3.63) is 24.0 Å². The lowest BCUT2D eigenvalue weighted by molar-refractivity contribution is 0.0943. The minimum absolute atomic E-state index is 0.0147. The molecule has 16 heavy (non-hydrogen) atoms. The molecule has 0 saturated carbocycles. The maximum atomic E-state index is 11.8. The third kappa shape index (κ3) is 3.70. The highest BCUT2D eigenvalue weighted by atomic mass is 16.1. The standard InChI is InChI=1S/C12H21N3O/c1-3-8-15-9-4-5-11(15)12(16)14-7-6-10(2)13/h4-5,9-10H,3,6-8,13H2,1-2H3,(H,14,16). The molecule has 1 atom stereocenters. The first kappa shape index (κ1) is 12.8. The number of aromatic nitrogens is 1. The van der Waals surface area contributed by atoms with Crippen LogP contribution in [0.4, 0.5) is 0 Å². The molecular weight excluding hydrogens is 202 g/mol. The Balaban J connectivity index is 2.49. The first-order chi connectivity index (χ1) is 7.65. The molecule has 1 aromatic rings. The van der Waals surface area contributed by atoms with E-state index in [2.05, 4.69) is 12.2 Å².